The molecule has 1 unspecified atom stereocenters. The molecule has 0 saturated heterocycles. The molecular formula is C15H18ClNO4. The van der Waals surface area contributed by atoms with Crippen LogP contribution in [0.5, 0.6) is 5.75 Å². The molecule has 1 saturated carbocycles. The zero-order chi connectivity index (χ0) is 15.5. The van der Waals surface area contributed by atoms with Crippen molar-refractivity contribution in [2.24, 2.45) is 5.92 Å². The van der Waals surface area contributed by atoms with Gasteiger partial charge in [-0.25, -0.2) is 4.79 Å². The minimum absolute atomic E-state index is 0.0171. The second-order valence-corrected chi connectivity index (χ2v) is 5.77. The number of carboxylic acid groups (broad SMARTS) is 1. The zero-order valence-corrected chi connectivity index (χ0v) is 12.5. The normalized spacial score (nSPS) is 16.9. The van der Waals surface area contributed by atoms with Crippen LogP contribution in [0, 0.1) is 5.92 Å². The molecule has 1 aromatic carbocycles. The summed E-state index contributed by atoms with van der Waals surface area (Å²) in [7, 11) is 0. The Kier molecular flexibility index (Phi) is 4.73. The Labute approximate surface area is 128 Å². The quantitative estimate of drug-likeness (QED) is 0.811. The average molecular weight is 312 g/mol. The van der Waals surface area contributed by atoms with Crippen LogP contribution in [-0.4, -0.2) is 29.1 Å². The highest BCUT2D eigenvalue weighted by Gasteiger charge is 2.48. The summed E-state index contributed by atoms with van der Waals surface area (Å²) in [5.41, 5.74) is -1.18. The molecule has 6 heteroatoms. The van der Waals surface area contributed by atoms with Gasteiger partial charge < -0.3 is 15.2 Å². The Bertz CT molecular complexity index is 544. The van der Waals surface area contributed by atoms with Crippen molar-refractivity contribution in [3.05, 3.63) is 29.3 Å². The summed E-state index contributed by atoms with van der Waals surface area (Å²) in [6.07, 6.45) is 1.75. The highest BCUT2D eigenvalue weighted by Crippen LogP contribution is 2.39. The van der Waals surface area contributed by atoms with E-state index in [1.165, 1.54) is 0 Å². The molecule has 21 heavy (non-hydrogen) atoms. The number of carbonyl (C=O) groups excluding carboxylic acids is 1. The van der Waals surface area contributed by atoms with Crippen LogP contribution in [0.4, 0.5) is 0 Å². The first-order valence-corrected chi connectivity index (χ1v) is 7.23. The number of nitrogens with one attached hydrogen (secondary N) is 1. The molecule has 5 nitrogen and oxygen atoms in total. The third kappa shape index (κ3) is 3.88. The molecule has 0 heterocycles. The molecule has 0 bridgehead atoms. The number of aliphatic carboxylic acids is 1. The van der Waals surface area contributed by atoms with Crippen molar-refractivity contribution in [1.29, 1.82) is 0 Å². The lowest BCUT2D eigenvalue weighted by molar-refractivity contribution is -0.148. The van der Waals surface area contributed by atoms with Crippen LogP contribution in [0.2, 0.25) is 5.02 Å². The summed E-state index contributed by atoms with van der Waals surface area (Å²) in [5.74, 6) is -0.803. The van der Waals surface area contributed by atoms with Crippen LogP contribution >= 0.6 is 11.6 Å². The number of carboxylic acids is 1. The number of rotatable bonds is 7. The Balaban J connectivity index is 1.82. The van der Waals surface area contributed by atoms with E-state index in [1.807, 2.05) is 0 Å². The van der Waals surface area contributed by atoms with E-state index in [2.05, 4.69) is 5.32 Å². The van der Waals surface area contributed by atoms with Crippen molar-refractivity contribution in [3.8, 4) is 5.75 Å². The Morgan fingerprint density at radius 2 is 2.10 bits per heavy atom. The monoisotopic (exact) mass is 311 g/mol. The van der Waals surface area contributed by atoms with Gasteiger partial charge in [-0.15, -0.1) is 0 Å². The maximum absolute atomic E-state index is 11.9. The molecule has 2 rings (SSSR count). The summed E-state index contributed by atoms with van der Waals surface area (Å²) in [6.45, 7) is 1.70. The van der Waals surface area contributed by atoms with Gasteiger partial charge in [-0.1, -0.05) is 23.7 Å². The fourth-order valence-electron chi connectivity index (χ4n) is 2.16. The molecule has 1 fully saturated rings. The standard InChI is InChI=1S/C15H18ClNO4/c1-15(14(19)20,10-6-7-10)17-13(18)8-9-21-12-5-3-2-4-11(12)16/h2-5,10H,6-9H2,1H3,(H,17,18)(H,19,20). The summed E-state index contributed by atoms with van der Waals surface area (Å²) in [5, 5.41) is 12.4. The second kappa shape index (κ2) is 6.35. The van der Waals surface area contributed by atoms with E-state index in [1.54, 1.807) is 31.2 Å². The van der Waals surface area contributed by atoms with Crippen molar-refractivity contribution in [2.75, 3.05) is 6.61 Å². The Morgan fingerprint density at radius 1 is 1.43 bits per heavy atom. The SMILES string of the molecule is CC(NC(=O)CCOc1ccccc1Cl)(C(=O)O)C1CC1. The van der Waals surface area contributed by atoms with Crippen molar-refractivity contribution < 1.29 is 19.4 Å². The molecule has 0 aromatic heterocycles. The van der Waals surface area contributed by atoms with Gasteiger partial charge in [0.2, 0.25) is 5.91 Å². The molecule has 1 aliphatic rings. The van der Waals surface area contributed by atoms with Crippen LogP contribution < -0.4 is 10.1 Å². The number of benzene rings is 1. The first kappa shape index (κ1) is 15.6. The number of carbonyl (C=O) groups is 2. The van der Waals surface area contributed by atoms with E-state index in [0.29, 0.717) is 10.8 Å². The van der Waals surface area contributed by atoms with Gasteiger partial charge in [0.05, 0.1) is 18.1 Å². The minimum atomic E-state index is -1.18. The topological polar surface area (TPSA) is 75.6 Å². The van der Waals surface area contributed by atoms with Gasteiger partial charge in [0.15, 0.2) is 0 Å². The van der Waals surface area contributed by atoms with Crippen LogP contribution in [-0.2, 0) is 9.59 Å². The first-order chi connectivity index (χ1) is 9.93. The molecule has 114 valence electrons. The van der Waals surface area contributed by atoms with E-state index in [-0.39, 0.29) is 24.9 Å². The molecule has 0 radical (unpaired) electrons. The van der Waals surface area contributed by atoms with E-state index >= 15 is 0 Å². The third-order valence-electron chi connectivity index (χ3n) is 3.66. The maximum Gasteiger partial charge on any atom is 0.329 e. The highest BCUT2D eigenvalue weighted by molar-refractivity contribution is 6.32. The van der Waals surface area contributed by atoms with Gasteiger partial charge in [0.25, 0.3) is 0 Å². The maximum atomic E-state index is 11.9. The van der Waals surface area contributed by atoms with Crippen LogP contribution in [0.3, 0.4) is 0 Å². The van der Waals surface area contributed by atoms with Gasteiger partial charge in [0, 0.05) is 0 Å². The fraction of sp³-hybridized carbons (Fsp3) is 0.467. The molecule has 0 aliphatic heterocycles. The summed E-state index contributed by atoms with van der Waals surface area (Å²) < 4.78 is 5.42. The average Bonchev–Trinajstić information content (AvgIpc) is 3.25. The predicted molar refractivity (Wildman–Crippen MR) is 78.5 cm³/mol. The lowest BCUT2D eigenvalue weighted by atomic mass is 9.96. The van der Waals surface area contributed by atoms with Crippen molar-refractivity contribution >= 4 is 23.5 Å². The Hall–Kier alpha value is -1.75. The summed E-state index contributed by atoms with van der Waals surface area (Å²) in [4.78, 5) is 23.2. The van der Waals surface area contributed by atoms with E-state index in [9.17, 15) is 14.7 Å². The molecule has 1 amide bonds. The van der Waals surface area contributed by atoms with Crippen LogP contribution in [0.25, 0.3) is 0 Å². The Morgan fingerprint density at radius 3 is 2.67 bits per heavy atom. The first-order valence-electron chi connectivity index (χ1n) is 6.85. The molecule has 1 aromatic rings. The highest BCUT2D eigenvalue weighted by atomic mass is 35.5. The van der Waals surface area contributed by atoms with Gasteiger partial charge in [0.1, 0.15) is 11.3 Å². The molecule has 0 spiro atoms. The van der Waals surface area contributed by atoms with Crippen molar-refractivity contribution in [1.82, 2.24) is 5.32 Å². The number of halogens is 1. The molecule has 2 N–H and O–H groups in total. The van der Waals surface area contributed by atoms with Crippen LogP contribution in [0.1, 0.15) is 26.2 Å². The molecule has 1 atom stereocenters. The number of para-hydroxylation sites is 1. The number of amides is 1. The number of ether oxygens (including phenoxy) is 1. The lowest BCUT2D eigenvalue weighted by Crippen LogP contribution is -2.54. The largest absolute Gasteiger partial charge is 0.491 e. The van der Waals surface area contributed by atoms with Gasteiger partial charge in [-0.2, -0.15) is 0 Å². The summed E-state index contributed by atoms with van der Waals surface area (Å²) >= 11 is 5.93. The third-order valence-corrected chi connectivity index (χ3v) is 3.97. The zero-order valence-electron chi connectivity index (χ0n) is 11.8. The fourth-order valence-corrected chi connectivity index (χ4v) is 2.35. The minimum Gasteiger partial charge on any atom is -0.491 e. The van der Waals surface area contributed by atoms with Crippen LogP contribution in [0.15, 0.2) is 24.3 Å². The van der Waals surface area contributed by atoms with E-state index in [4.69, 9.17) is 16.3 Å². The predicted octanol–water partition coefficient (Wildman–Crippen LogP) is 2.48. The van der Waals surface area contributed by atoms with E-state index in [0.717, 1.165) is 12.8 Å². The molecular weight excluding hydrogens is 294 g/mol. The number of hydrogen-bond acceptors (Lipinski definition) is 3. The smallest absolute Gasteiger partial charge is 0.329 e. The van der Waals surface area contributed by atoms with Crippen molar-refractivity contribution in [3.63, 3.8) is 0 Å². The van der Waals surface area contributed by atoms with Gasteiger partial charge in [-0.3, -0.25) is 4.79 Å². The van der Waals surface area contributed by atoms with E-state index < -0.39 is 11.5 Å². The second-order valence-electron chi connectivity index (χ2n) is 5.36. The summed E-state index contributed by atoms with van der Waals surface area (Å²) in [6, 6.07) is 6.99. The number of hydrogen-bond donors (Lipinski definition) is 2. The van der Waals surface area contributed by atoms with Crippen molar-refractivity contribution in [2.45, 2.75) is 31.7 Å². The lowest BCUT2D eigenvalue weighted by Gasteiger charge is -2.26. The van der Waals surface area contributed by atoms with Gasteiger partial charge >= 0.3 is 5.97 Å². The molecule has 1 aliphatic carbocycles. The van der Waals surface area contributed by atoms with Gasteiger partial charge in [-0.05, 0) is 37.8 Å².